The number of amidine groups is 1. The Kier molecular flexibility index (Phi) is 7.73. The summed E-state index contributed by atoms with van der Waals surface area (Å²) in [5.74, 6) is -0.734. The van der Waals surface area contributed by atoms with Crippen LogP contribution >= 0.6 is 11.8 Å². The molecule has 0 spiro atoms. The van der Waals surface area contributed by atoms with E-state index in [4.69, 9.17) is 4.74 Å². The predicted octanol–water partition coefficient (Wildman–Crippen LogP) is 1.11. The van der Waals surface area contributed by atoms with Crippen LogP contribution in [-0.2, 0) is 19.1 Å². The minimum atomic E-state index is -0.813. The molecule has 1 aliphatic carbocycles. The van der Waals surface area contributed by atoms with Crippen molar-refractivity contribution in [3.8, 4) is 0 Å². The van der Waals surface area contributed by atoms with Crippen LogP contribution in [0.2, 0.25) is 0 Å². The zero-order valence-electron chi connectivity index (χ0n) is 16.4. The normalized spacial score (nSPS) is 24.2. The Bertz CT molecular complexity index is 615. The van der Waals surface area contributed by atoms with Crippen molar-refractivity contribution in [1.82, 2.24) is 15.6 Å². The first-order valence-electron chi connectivity index (χ1n) is 10.2. The van der Waals surface area contributed by atoms with Gasteiger partial charge in [0.25, 0.3) is 0 Å². The Morgan fingerprint density at radius 1 is 1.14 bits per heavy atom. The molecule has 0 aromatic carbocycles. The Morgan fingerprint density at radius 2 is 1.86 bits per heavy atom. The fourth-order valence-electron chi connectivity index (χ4n) is 3.97. The van der Waals surface area contributed by atoms with Gasteiger partial charge in [-0.25, -0.2) is 5.43 Å². The minimum Gasteiger partial charge on any atom is -0.381 e. The third-order valence-electron chi connectivity index (χ3n) is 5.75. The summed E-state index contributed by atoms with van der Waals surface area (Å²) >= 11 is 1.53. The molecule has 2 N–H and O–H groups in total. The fourth-order valence-corrected chi connectivity index (χ4v) is 4.94. The van der Waals surface area contributed by atoms with E-state index < -0.39 is 17.7 Å². The van der Waals surface area contributed by atoms with Crippen molar-refractivity contribution in [3.63, 3.8) is 0 Å². The van der Waals surface area contributed by atoms with E-state index in [0.29, 0.717) is 31.2 Å². The maximum Gasteiger partial charge on any atom is 0.309 e. The lowest BCUT2D eigenvalue weighted by molar-refractivity contribution is -0.142. The second kappa shape index (κ2) is 10.2. The number of hydrogen-bond acceptors (Lipinski definition) is 6. The van der Waals surface area contributed by atoms with Crippen LogP contribution in [-0.4, -0.2) is 66.3 Å². The number of ketones is 1. The molecular formula is C19H30N4O4S. The maximum atomic E-state index is 12.9. The van der Waals surface area contributed by atoms with E-state index in [2.05, 4.69) is 15.8 Å². The van der Waals surface area contributed by atoms with Crippen molar-refractivity contribution in [2.45, 2.75) is 51.0 Å². The van der Waals surface area contributed by atoms with Gasteiger partial charge < -0.3 is 15.0 Å². The summed E-state index contributed by atoms with van der Waals surface area (Å²) in [5.41, 5.74) is 2.38. The zero-order chi connectivity index (χ0) is 19.9. The molecule has 0 bridgehead atoms. The molecule has 1 saturated carbocycles. The molecule has 9 heteroatoms. The standard InChI is InChI=1S/C19H30N4O4S/c1-23-9-12-28-19(23)22-21-18(26)16(24)15(13-7-10-27-11-8-13)20-17(25)14-5-3-2-4-6-14/h13-15H,2-12H2,1H3,(H,20,25)(H,21,26)/b22-19-. The summed E-state index contributed by atoms with van der Waals surface area (Å²) in [4.78, 5) is 40.0. The highest BCUT2D eigenvalue weighted by atomic mass is 32.2. The molecule has 2 saturated heterocycles. The fraction of sp³-hybridized carbons (Fsp3) is 0.789. The largest absolute Gasteiger partial charge is 0.381 e. The van der Waals surface area contributed by atoms with Crippen LogP contribution in [0.4, 0.5) is 0 Å². The van der Waals surface area contributed by atoms with E-state index in [1.807, 2.05) is 11.9 Å². The summed E-state index contributed by atoms with van der Waals surface area (Å²) < 4.78 is 5.38. The van der Waals surface area contributed by atoms with Crippen molar-refractivity contribution in [2.75, 3.05) is 32.6 Å². The van der Waals surface area contributed by atoms with Crippen molar-refractivity contribution >= 4 is 34.5 Å². The third kappa shape index (κ3) is 5.47. The lowest BCUT2D eigenvalue weighted by Gasteiger charge is -2.31. The molecule has 3 rings (SSSR count). The molecule has 8 nitrogen and oxygen atoms in total. The van der Waals surface area contributed by atoms with Gasteiger partial charge in [0.1, 0.15) is 6.04 Å². The van der Waals surface area contributed by atoms with E-state index in [9.17, 15) is 14.4 Å². The smallest absolute Gasteiger partial charge is 0.309 e. The average Bonchev–Trinajstić information content (AvgIpc) is 3.15. The number of rotatable bonds is 6. The quantitative estimate of drug-likeness (QED) is 0.503. The van der Waals surface area contributed by atoms with Crippen LogP contribution in [0.15, 0.2) is 5.10 Å². The van der Waals surface area contributed by atoms with Gasteiger partial charge in [-0.05, 0) is 31.6 Å². The summed E-state index contributed by atoms with van der Waals surface area (Å²) in [6, 6.07) is -0.813. The maximum absolute atomic E-state index is 12.9. The van der Waals surface area contributed by atoms with Gasteiger partial charge in [0, 0.05) is 38.5 Å². The monoisotopic (exact) mass is 410 g/mol. The molecule has 3 aliphatic rings. The molecule has 0 aromatic heterocycles. The molecule has 2 heterocycles. The highest BCUT2D eigenvalue weighted by Crippen LogP contribution is 2.25. The molecule has 0 aromatic rings. The lowest BCUT2D eigenvalue weighted by Crippen LogP contribution is -2.53. The van der Waals surface area contributed by atoms with Crippen molar-refractivity contribution < 1.29 is 19.1 Å². The van der Waals surface area contributed by atoms with Crippen molar-refractivity contribution in [3.05, 3.63) is 0 Å². The van der Waals surface area contributed by atoms with Gasteiger partial charge in [-0.3, -0.25) is 14.4 Å². The van der Waals surface area contributed by atoms with Gasteiger partial charge in [0.05, 0.1) is 0 Å². The first-order chi connectivity index (χ1) is 13.6. The summed E-state index contributed by atoms with van der Waals surface area (Å²) in [6.45, 7) is 1.94. The molecule has 2 aliphatic heterocycles. The van der Waals surface area contributed by atoms with Crippen LogP contribution in [0.25, 0.3) is 0 Å². The van der Waals surface area contributed by atoms with Crippen LogP contribution < -0.4 is 10.7 Å². The Balaban J connectivity index is 1.65. The SMILES string of the molecule is CN1CCS/C1=N\NC(=O)C(=O)C(NC(=O)C1CCCCC1)C1CCOCC1. The molecule has 3 fully saturated rings. The molecular weight excluding hydrogens is 380 g/mol. The van der Waals surface area contributed by atoms with E-state index in [-0.39, 0.29) is 17.7 Å². The number of nitrogens with one attached hydrogen (secondary N) is 2. The number of Topliss-reactive ketones (excluding diaryl/α,β-unsaturated/α-hetero) is 1. The first kappa shape index (κ1) is 21.1. The topological polar surface area (TPSA) is 100 Å². The number of hydrazone groups is 1. The zero-order valence-corrected chi connectivity index (χ0v) is 17.3. The molecule has 28 heavy (non-hydrogen) atoms. The van der Waals surface area contributed by atoms with E-state index in [0.717, 1.165) is 44.4 Å². The van der Waals surface area contributed by atoms with Crippen molar-refractivity contribution in [2.24, 2.45) is 16.9 Å². The highest BCUT2D eigenvalue weighted by Gasteiger charge is 2.36. The summed E-state index contributed by atoms with van der Waals surface area (Å²) in [6.07, 6.45) is 6.24. The Hall–Kier alpha value is -1.61. The predicted molar refractivity (Wildman–Crippen MR) is 108 cm³/mol. The Labute approximate surface area is 170 Å². The molecule has 0 radical (unpaired) electrons. The van der Waals surface area contributed by atoms with E-state index >= 15 is 0 Å². The van der Waals surface area contributed by atoms with Crippen LogP contribution in [0.1, 0.15) is 44.9 Å². The number of thioether (sulfide) groups is 1. The minimum absolute atomic E-state index is 0.0595. The highest BCUT2D eigenvalue weighted by molar-refractivity contribution is 8.14. The van der Waals surface area contributed by atoms with E-state index in [1.165, 1.54) is 11.8 Å². The van der Waals surface area contributed by atoms with Gasteiger partial charge in [-0.1, -0.05) is 31.0 Å². The van der Waals surface area contributed by atoms with Gasteiger partial charge in [0.2, 0.25) is 11.7 Å². The first-order valence-corrected chi connectivity index (χ1v) is 11.2. The van der Waals surface area contributed by atoms with Gasteiger partial charge in [0.15, 0.2) is 5.17 Å². The molecule has 156 valence electrons. The second-order valence-corrected chi connectivity index (χ2v) is 8.80. The number of hydrogen-bond donors (Lipinski definition) is 2. The van der Waals surface area contributed by atoms with E-state index in [1.54, 1.807) is 0 Å². The number of amides is 2. The second-order valence-electron chi connectivity index (χ2n) is 7.74. The lowest BCUT2D eigenvalue weighted by atomic mass is 9.85. The van der Waals surface area contributed by atoms with Crippen molar-refractivity contribution in [1.29, 1.82) is 0 Å². The summed E-state index contributed by atoms with van der Waals surface area (Å²) in [5, 5.41) is 7.66. The number of nitrogens with zero attached hydrogens (tertiary/aromatic N) is 2. The number of carbonyl (C=O) groups excluding carboxylic acids is 3. The van der Waals surface area contributed by atoms with Gasteiger partial charge in [-0.2, -0.15) is 0 Å². The van der Waals surface area contributed by atoms with Gasteiger partial charge >= 0.3 is 5.91 Å². The van der Waals surface area contributed by atoms with Crippen LogP contribution in [0.5, 0.6) is 0 Å². The Morgan fingerprint density at radius 3 is 2.50 bits per heavy atom. The number of ether oxygens (including phenoxy) is 1. The summed E-state index contributed by atoms with van der Waals surface area (Å²) in [7, 11) is 1.89. The molecule has 1 atom stereocenters. The molecule has 2 amide bonds. The van der Waals surface area contributed by atoms with Crippen LogP contribution in [0.3, 0.4) is 0 Å². The number of carbonyl (C=O) groups is 3. The average molecular weight is 411 g/mol. The van der Waals surface area contributed by atoms with Gasteiger partial charge in [-0.15, -0.1) is 5.10 Å². The third-order valence-corrected chi connectivity index (χ3v) is 6.80. The molecule has 1 unspecified atom stereocenters. The van der Waals surface area contributed by atoms with Crippen LogP contribution in [0, 0.1) is 11.8 Å².